The van der Waals surface area contributed by atoms with E-state index >= 15 is 0 Å². The van der Waals surface area contributed by atoms with Crippen molar-refractivity contribution in [3.63, 3.8) is 0 Å². The van der Waals surface area contributed by atoms with Gasteiger partial charge >= 0.3 is 0 Å². The second kappa shape index (κ2) is 3.71. The first-order valence-electron chi connectivity index (χ1n) is 3.51. The highest BCUT2D eigenvalue weighted by Crippen LogP contribution is 2.12. The first-order chi connectivity index (χ1) is 5.38. The van der Waals surface area contributed by atoms with Crippen LogP contribution in [-0.4, -0.2) is 6.29 Å². The molecule has 56 valence electrons. The lowest BCUT2D eigenvalue weighted by Gasteiger charge is -2.02. The number of allylic oxidation sites excluding steroid dienone is 1. The summed E-state index contributed by atoms with van der Waals surface area (Å²) in [7, 11) is 0. The lowest BCUT2D eigenvalue weighted by atomic mass is 10.3. The summed E-state index contributed by atoms with van der Waals surface area (Å²) in [6, 6.07) is 9.58. The third-order valence-corrected chi connectivity index (χ3v) is 1.59. The van der Waals surface area contributed by atoms with Crippen molar-refractivity contribution < 1.29 is 4.79 Å². The summed E-state index contributed by atoms with van der Waals surface area (Å²) in [4.78, 5) is 10.5. The molecule has 0 saturated carbocycles. The van der Waals surface area contributed by atoms with Gasteiger partial charge in [0.2, 0.25) is 0 Å². The molecule has 0 aliphatic heterocycles. The fourth-order valence-corrected chi connectivity index (χ4v) is 0.945. The molecule has 11 heavy (non-hydrogen) atoms. The van der Waals surface area contributed by atoms with E-state index in [4.69, 9.17) is 0 Å². The molecule has 0 spiro atoms. The van der Waals surface area contributed by atoms with Crippen molar-refractivity contribution in [3.8, 4) is 0 Å². The first kappa shape index (κ1) is 7.73. The van der Waals surface area contributed by atoms with E-state index in [0.717, 1.165) is 11.8 Å². The number of carbonyl (C=O) groups is 1. The van der Waals surface area contributed by atoms with Crippen molar-refractivity contribution >= 4 is 6.29 Å². The van der Waals surface area contributed by atoms with E-state index in [1.807, 2.05) is 30.3 Å². The van der Waals surface area contributed by atoms with Gasteiger partial charge in [0, 0.05) is 0 Å². The minimum atomic E-state index is -0.156. The molecule has 0 amide bonds. The van der Waals surface area contributed by atoms with Crippen molar-refractivity contribution in [2.75, 3.05) is 0 Å². The molecule has 0 aromatic heterocycles. The predicted molar refractivity (Wildman–Crippen MR) is 45.4 cm³/mol. The molecule has 1 atom stereocenters. The highest BCUT2D eigenvalue weighted by molar-refractivity contribution is 5.64. The molecule has 1 nitrogen and oxygen atoms in total. The number of hydrogen-bond acceptors (Lipinski definition) is 1. The quantitative estimate of drug-likeness (QED) is 0.474. The fourth-order valence-electron chi connectivity index (χ4n) is 0.945. The SMILES string of the molecule is C=CC(C=O)[14c]1ccccc1. The Morgan fingerprint density at radius 1 is 1.27 bits per heavy atom. The van der Waals surface area contributed by atoms with Gasteiger partial charge in [-0.2, -0.15) is 0 Å². The molecule has 0 bridgehead atoms. The van der Waals surface area contributed by atoms with Gasteiger partial charge in [-0.15, -0.1) is 6.58 Å². The Hall–Kier alpha value is -1.37. The Morgan fingerprint density at radius 3 is 2.36 bits per heavy atom. The number of hydrogen-bond donors (Lipinski definition) is 0. The summed E-state index contributed by atoms with van der Waals surface area (Å²) in [6.07, 6.45) is 2.53. The van der Waals surface area contributed by atoms with Gasteiger partial charge in [0.15, 0.2) is 0 Å². The largest absolute Gasteiger partial charge is 0.302 e. The zero-order chi connectivity index (χ0) is 8.10. The van der Waals surface area contributed by atoms with Crippen LogP contribution in [0.5, 0.6) is 0 Å². The molecule has 1 unspecified atom stereocenters. The molecule has 0 aliphatic rings. The minimum absolute atomic E-state index is 0.156. The normalized spacial score (nSPS) is 12.0. The molecule has 1 heteroatoms. The summed E-state index contributed by atoms with van der Waals surface area (Å²) < 4.78 is 0. The zero-order valence-corrected chi connectivity index (χ0v) is 6.23. The Morgan fingerprint density at radius 2 is 1.91 bits per heavy atom. The van der Waals surface area contributed by atoms with Gasteiger partial charge in [0.05, 0.1) is 5.92 Å². The highest BCUT2D eigenvalue weighted by atomic mass is 16.1. The number of aldehydes is 1. The van der Waals surface area contributed by atoms with Crippen LogP contribution in [0, 0.1) is 0 Å². The van der Waals surface area contributed by atoms with Gasteiger partial charge in [0.1, 0.15) is 6.29 Å². The van der Waals surface area contributed by atoms with E-state index in [1.54, 1.807) is 6.08 Å². The van der Waals surface area contributed by atoms with Gasteiger partial charge in [-0.1, -0.05) is 36.4 Å². The Balaban J connectivity index is 2.90. The standard InChI is InChI=1S/C10H10O/c1-2-9(8-11)10-6-4-3-5-7-10/h2-9H,1H2/i10+2. The number of rotatable bonds is 3. The first-order valence-corrected chi connectivity index (χ1v) is 3.51. The molecule has 0 N–H and O–H groups in total. The maximum atomic E-state index is 10.5. The molecular formula is C10H10O. The molecule has 0 heterocycles. The molecule has 0 fully saturated rings. The van der Waals surface area contributed by atoms with Crippen LogP contribution in [0.15, 0.2) is 43.0 Å². The third kappa shape index (κ3) is 1.77. The van der Waals surface area contributed by atoms with E-state index in [2.05, 4.69) is 6.58 Å². The summed E-state index contributed by atoms with van der Waals surface area (Å²) in [5.74, 6) is -0.156. The van der Waals surface area contributed by atoms with Crippen molar-refractivity contribution in [2.24, 2.45) is 0 Å². The van der Waals surface area contributed by atoms with E-state index in [1.165, 1.54) is 0 Å². The van der Waals surface area contributed by atoms with Crippen LogP contribution in [0.1, 0.15) is 11.5 Å². The Labute approximate surface area is 66.4 Å². The van der Waals surface area contributed by atoms with Crippen LogP contribution >= 0.6 is 0 Å². The van der Waals surface area contributed by atoms with E-state index < -0.39 is 0 Å². The lowest BCUT2D eigenvalue weighted by molar-refractivity contribution is -0.108. The molecule has 0 saturated heterocycles. The molecule has 0 radical (unpaired) electrons. The lowest BCUT2D eigenvalue weighted by Crippen LogP contribution is -1.94. The van der Waals surface area contributed by atoms with Crippen molar-refractivity contribution in [2.45, 2.75) is 5.92 Å². The smallest absolute Gasteiger partial charge is 0.131 e. The van der Waals surface area contributed by atoms with Gasteiger partial charge in [-0.25, -0.2) is 0 Å². The Bertz CT molecular complexity index is 230. The number of carbonyl (C=O) groups excluding carboxylic acids is 1. The highest BCUT2D eigenvalue weighted by Gasteiger charge is 2.02. The van der Waals surface area contributed by atoms with E-state index in [0.29, 0.717) is 0 Å². The average molecular weight is 148 g/mol. The molecule has 1 rings (SSSR count). The summed E-state index contributed by atoms with van der Waals surface area (Å²) >= 11 is 0. The zero-order valence-electron chi connectivity index (χ0n) is 6.23. The second-order valence-corrected chi connectivity index (χ2v) is 2.31. The maximum absolute atomic E-state index is 10.5. The molecule has 1 aromatic rings. The summed E-state index contributed by atoms with van der Waals surface area (Å²) in [5, 5.41) is 0. The average Bonchev–Trinajstić information content (AvgIpc) is 2.09. The molecule has 1 aromatic carbocycles. The van der Waals surface area contributed by atoms with Crippen LogP contribution in [0.3, 0.4) is 0 Å². The van der Waals surface area contributed by atoms with E-state index in [9.17, 15) is 4.79 Å². The summed E-state index contributed by atoms with van der Waals surface area (Å²) in [5.41, 5.74) is 0.998. The third-order valence-electron chi connectivity index (χ3n) is 1.59. The second-order valence-electron chi connectivity index (χ2n) is 2.31. The predicted octanol–water partition coefficient (Wildman–Crippen LogP) is 2.16. The minimum Gasteiger partial charge on any atom is -0.302 e. The van der Waals surface area contributed by atoms with Crippen LogP contribution in [0.4, 0.5) is 0 Å². The molecular weight excluding hydrogens is 138 g/mol. The molecule has 0 aliphatic carbocycles. The maximum Gasteiger partial charge on any atom is 0.131 e. The van der Waals surface area contributed by atoms with Crippen LogP contribution in [0.2, 0.25) is 0 Å². The van der Waals surface area contributed by atoms with E-state index in [-0.39, 0.29) is 5.92 Å². The number of benzene rings is 1. The fraction of sp³-hybridized carbons (Fsp3) is 0.100. The van der Waals surface area contributed by atoms with Crippen molar-refractivity contribution in [3.05, 3.63) is 48.6 Å². The van der Waals surface area contributed by atoms with Gasteiger partial charge < -0.3 is 4.79 Å². The van der Waals surface area contributed by atoms with Crippen molar-refractivity contribution in [1.29, 1.82) is 0 Å². The van der Waals surface area contributed by atoms with Crippen LogP contribution in [-0.2, 0) is 4.79 Å². The van der Waals surface area contributed by atoms with Gasteiger partial charge in [0.25, 0.3) is 0 Å². The van der Waals surface area contributed by atoms with Gasteiger partial charge in [-0.3, -0.25) is 0 Å². The van der Waals surface area contributed by atoms with Crippen LogP contribution in [0.25, 0.3) is 0 Å². The van der Waals surface area contributed by atoms with Crippen LogP contribution < -0.4 is 0 Å². The van der Waals surface area contributed by atoms with Gasteiger partial charge in [-0.05, 0) is 5.56 Å². The topological polar surface area (TPSA) is 17.1 Å². The Kier molecular flexibility index (Phi) is 2.61. The van der Waals surface area contributed by atoms with Crippen molar-refractivity contribution in [1.82, 2.24) is 0 Å². The monoisotopic (exact) mass is 148 g/mol. The summed E-state index contributed by atoms with van der Waals surface area (Å²) in [6.45, 7) is 3.58.